The Morgan fingerprint density at radius 2 is 2.24 bits per heavy atom. The molecular formula is C13H12ClNOS. The molecule has 0 amide bonds. The summed E-state index contributed by atoms with van der Waals surface area (Å²) in [6, 6.07) is 3.80. The molecule has 0 unspecified atom stereocenters. The topological polar surface area (TPSA) is 30.0 Å². The van der Waals surface area contributed by atoms with E-state index >= 15 is 0 Å². The zero-order valence-electron chi connectivity index (χ0n) is 9.44. The van der Waals surface area contributed by atoms with E-state index in [2.05, 4.69) is 11.9 Å². The zero-order valence-corrected chi connectivity index (χ0v) is 11.0. The average molecular weight is 266 g/mol. The highest BCUT2D eigenvalue weighted by Crippen LogP contribution is 2.22. The number of carbonyl (C=O) groups excluding carboxylic acids is 1. The van der Waals surface area contributed by atoms with Crippen LogP contribution in [0.2, 0.25) is 5.02 Å². The second-order valence-electron chi connectivity index (χ2n) is 3.70. The van der Waals surface area contributed by atoms with Gasteiger partial charge in [-0.15, -0.1) is 11.3 Å². The van der Waals surface area contributed by atoms with Crippen LogP contribution in [-0.4, -0.2) is 10.8 Å². The summed E-state index contributed by atoms with van der Waals surface area (Å²) in [5.74, 6) is 0.130. The molecule has 0 saturated heterocycles. The summed E-state index contributed by atoms with van der Waals surface area (Å²) >= 11 is 7.49. The standard InChI is InChI=1S/C13H12ClNOS/c1-2-9-4-6-17-13(9)12(16)7-10-3-5-15-8-11(10)14/h3-6,8H,2,7H2,1H3. The number of thiophene rings is 1. The minimum Gasteiger partial charge on any atom is -0.293 e. The molecule has 88 valence electrons. The van der Waals surface area contributed by atoms with E-state index in [-0.39, 0.29) is 5.78 Å². The smallest absolute Gasteiger partial charge is 0.177 e. The molecule has 4 heteroatoms. The van der Waals surface area contributed by atoms with Crippen LogP contribution in [0.3, 0.4) is 0 Å². The van der Waals surface area contributed by atoms with E-state index in [1.165, 1.54) is 11.3 Å². The molecule has 0 radical (unpaired) electrons. The third-order valence-corrected chi connectivity index (χ3v) is 3.93. The van der Waals surface area contributed by atoms with Crippen LogP contribution in [0.5, 0.6) is 0 Å². The second-order valence-corrected chi connectivity index (χ2v) is 5.02. The lowest BCUT2D eigenvalue weighted by Crippen LogP contribution is -2.04. The van der Waals surface area contributed by atoms with Crippen LogP contribution in [0.15, 0.2) is 29.9 Å². The summed E-state index contributed by atoms with van der Waals surface area (Å²) < 4.78 is 0. The van der Waals surface area contributed by atoms with Crippen molar-refractivity contribution in [1.82, 2.24) is 4.98 Å². The number of hydrogen-bond donors (Lipinski definition) is 0. The first kappa shape index (κ1) is 12.3. The monoisotopic (exact) mass is 265 g/mol. The Bertz CT molecular complexity index is 536. The van der Waals surface area contributed by atoms with E-state index in [9.17, 15) is 4.79 Å². The molecule has 0 aliphatic heterocycles. The van der Waals surface area contributed by atoms with Gasteiger partial charge in [-0.05, 0) is 35.1 Å². The van der Waals surface area contributed by atoms with Crippen LogP contribution in [0.4, 0.5) is 0 Å². The maximum atomic E-state index is 12.1. The Morgan fingerprint density at radius 1 is 1.41 bits per heavy atom. The van der Waals surface area contributed by atoms with Crippen molar-refractivity contribution < 1.29 is 4.79 Å². The molecule has 0 aliphatic rings. The number of aryl methyl sites for hydroxylation is 1. The fourth-order valence-electron chi connectivity index (χ4n) is 1.66. The van der Waals surface area contributed by atoms with Crippen molar-refractivity contribution in [2.24, 2.45) is 0 Å². The van der Waals surface area contributed by atoms with Gasteiger partial charge in [0.15, 0.2) is 5.78 Å². The van der Waals surface area contributed by atoms with Gasteiger partial charge < -0.3 is 0 Å². The van der Waals surface area contributed by atoms with Gasteiger partial charge in [0.2, 0.25) is 0 Å². The van der Waals surface area contributed by atoms with Gasteiger partial charge in [-0.2, -0.15) is 0 Å². The van der Waals surface area contributed by atoms with E-state index in [0.29, 0.717) is 11.4 Å². The number of pyridine rings is 1. The number of aromatic nitrogens is 1. The number of ketones is 1. The highest BCUT2D eigenvalue weighted by molar-refractivity contribution is 7.12. The molecular weight excluding hydrogens is 254 g/mol. The summed E-state index contributed by atoms with van der Waals surface area (Å²) in [4.78, 5) is 16.9. The summed E-state index contributed by atoms with van der Waals surface area (Å²) in [6.45, 7) is 2.05. The van der Waals surface area contributed by atoms with Crippen molar-refractivity contribution in [3.63, 3.8) is 0 Å². The number of halogens is 1. The molecule has 0 saturated carbocycles. The SMILES string of the molecule is CCc1ccsc1C(=O)Cc1ccncc1Cl. The third kappa shape index (κ3) is 2.73. The van der Waals surface area contributed by atoms with Crippen molar-refractivity contribution in [3.05, 3.63) is 50.9 Å². The number of Topliss-reactive ketones (excluding diaryl/α,β-unsaturated/α-hetero) is 1. The lowest BCUT2D eigenvalue weighted by atomic mass is 10.1. The zero-order chi connectivity index (χ0) is 12.3. The van der Waals surface area contributed by atoms with Crippen LogP contribution < -0.4 is 0 Å². The lowest BCUT2D eigenvalue weighted by Gasteiger charge is -2.03. The molecule has 0 N–H and O–H groups in total. The Morgan fingerprint density at radius 3 is 2.94 bits per heavy atom. The second kappa shape index (κ2) is 5.43. The fourth-order valence-corrected chi connectivity index (χ4v) is 2.78. The maximum absolute atomic E-state index is 12.1. The molecule has 0 atom stereocenters. The fraction of sp³-hybridized carbons (Fsp3) is 0.231. The van der Waals surface area contributed by atoms with Gasteiger partial charge in [-0.25, -0.2) is 0 Å². The maximum Gasteiger partial charge on any atom is 0.177 e. The molecule has 0 aromatic carbocycles. The van der Waals surface area contributed by atoms with Crippen LogP contribution in [0.1, 0.15) is 27.7 Å². The number of nitrogens with zero attached hydrogens (tertiary/aromatic N) is 1. The van der Waals surface area contributed by atoms with Gasteiger partial charge in [-0.1, -0.05) is 18.5 Å². The number of rotatable bonds is 4. The van der Waals surface area contributed by atoms with Crippen molar-refractivity contribution >= 4 is 28.7 Å². The molecule has 2 aromatic rings. The number of hydrogen-bond acceptors (Lipinski definition) is 3. The largest absolute Gasteiger partial charge is 0.293 e. The van der Waals surface area contributed by atoms with Gasteiger partial charge >= 0.3 is 0 Å². The van der Waals surface area contributed by atoms with Crippen LogP contribution >= 0.6 is 22.9 Å². The van der Waals surface area contributed by atoms with E-state index in [0.717, 1.165) is 22.4 Å². The first-order chi connectivity index (χ1) is 8.22. The van der Waals surface area contributed by atoms with Crippen molar-refractivity contribution in [2.45, 2.75) is 19.8 Å². The summed E-state index contributed by atoms with van der Waals surface area (Å²) in [7, 11) is 0. The Labute approximate surface area is 109 Å². The lowest BCUT2D eigenvalue weighted by molar-refractivity contribution is 0.0996. The van der Waals surface area contributed by atoms with Crippen molar-refractivity contribution in [1.29, 1.82) is 0 Å². The van der Waals surface area contributed by atoms with E-state index in [1.54, 1.807) is 18.5 Å². The van der Waals surface area contributed by atoms with Crippen molar-refractivity contribution in [2.75, 3.05) is 0 Å². The highest BCUT2D eigenvalue weighted by atomic mass is 35.5. The van der Waals surface area contributed by atoms with E-state index < -0.39 is 0 Å². The molecule has 0 aliphatic carbocycles. The molecule has 17 heavy (non-hydrogen) atoms. The molecule has 2 aromatic heterocycles. The summed E-state index contributed by atoms with van der Waals surface area (Å²) in [5.41, 5.74) is 1.95. The van der Waals surface area contributed by atoms with Gasteiger partial charge in [0.1, 0.15) is 0 Å². The quantitative estimate of drug-likeness (QED) is 0.788. The first-order valence-corrected chi connectivity index (χ1v) is 6.66. The predicted molar refractivity (Wildman–Crippen MR) is 71.0 cm³/mol. The van der Waals surface area contributed by atoms with Gasteiger partial charge in [0.25, 0.3) is 0 Å². The molecule has 0 spiro atoms. The highest BCUT2D eigenvalue weighted by Gasteiger charge is 2.14. The summed E-state index contributed by atoms with van der Waals surface area (Å²) in [5, 5.41) is 2.51. The Hall–Kier alpha value is -1.19. The normalized spacial score (nSPS) is 10.5. The average Bonchev–Trinajstić information content (AvgIpc) is 2.80. The van der Waals surface area contributed by atoms with E-state index in [4.69, 9.17) is 11.6 Å². The predicted octanol–water partition coefficient (Wildman–Crippen LogP) is 3.78. The molecule has 2 rings (SSSR count). The molecule has 0 bridgehead atoms. The van der Waals surface area contributed by atoms with Gasteiger partial charge in [0.05, 0.1) is 9.90 Å². The van der Waals surface area contributed by atoms with Gasteiger partial charge in [0, 0.05) is 18.8 Å². The molecule has 0 fully saturated rings. The third-order valence-electron chi connectivity index (χ3n) is 2.59. The first-order valence-electron chi connectivity index (χ1n) is 5.40. The molecule has 2 heterocycles. The minimum absolute atomic E-state index is 0.130. The Balaban J connectivity index is 2.20. The van der Waals surface area contributed by atoms with E-state index in [1.807, 2.05) is 11.4 Å². The summed E-state index contributed by atoms with van der Waals surface area (Å²) in [6.07, 6.45) is 4.45. The van der Waals surface area contributed by atoms with Crippen molar-refractivity contribution in [3.8, 4) is 0 Å². The minimum atomic E-state index is 0.130. The Kier molecular flexibility index (Phi) is 3.92. The van der Waals surface area contributed by atoms with Crippen LogP contribution in [0, 0.1) is 0 Å². The van der Waals surface area contributed by atoms with Crippen LogP contribution in [0.25, 0.3) is 0 Å². The number of carbonyl (C=O) groups is 1. The van der Waals surface area contributed by atoms with Crippen LogP contribution in [-0.2, 0) is 12.8 Å². The molecule has 2 nitrogen and oxygen atoms in total. The van der Waals surface area contributed by atoms with Gasteiger partial charge in [-0.3, -0.25) is 9.78 Å².